The first kappa shape index (κ1) is 23.5. The monoisotopic (exact) mass is 474 g/mol. The van der Waals surface area contributed by atoms with E-state index in [2.05, 4.69) is 15.3 Å². The summed E-state index contributed by atoms with van der Waals surface area (Å²) >= 11 is 0. The Bertz CT molecular complexity index is 1150. The minimum atomic E-state index is -4.49. The highest BCUT2D eigenvalue weighted by molar-refractivity contribution is 5.94. The fraction of sp³-hybridized carbons (Fsp3) is 0.292. The summed E-state index contributed by atoms with van der Waals surface area (Å²) in [7, 11) is 0. The molecule has 1 saturated heterocycles. The van der Waals surface area contributed by atoms with Gasteiger partial charge in [0.25, 0.3) is 5.91 Å². The van der Waals surface area contributed by atoms with Crippen LogP contribution >= 0.6 is 0 Å². The molecule has 0 spiro atoms. The number of halogens is 4. The van der Waals surface area contributed by atoms with Gasteiger partial charge in [-0.2, -0.15) is 17.6 Å². The fourth-order valence-electron chi connectivity index (χ4n) is 3.72. The van der Waals surface area contributed by atoms with E-state index in [-0.39, 0.29) is 23.5 Å². The molecule has 0 bridgehead atoms. The van der Waals surface area contributed by atoms with Crippen molar-refractivity contribution >= 4 is 11.7 Å². The zero-order valence-corrected chi connectivity index (χ0v) is 18.2. The summed E-state index contributed by atoms with van der Waals surface area (Å²) in [6.45, 7) is 2.77. The van der Waals surface area contributed by atoms with Gasteiger partial charge in [0.1, 0.15) is 23.4 Å². The maximum Gasteiger partial charge on any atom is 0.433 e. The number of amides is 1. The summed E-state index contributed by atoms with van der Waals surface area (Å²) in [6, 6.07) is 13.2. The quantitative estimate of drug-likeness (QED) is 0.411. The molecule has 3 aromatic rings. The average Bonchev–Trinajstić information content (AvgIpc) is 3.27. The summed E-state index contributed by atoms with van der Waals surface area (Å²) < 4.78 is 58.0. The third-order valence-electron chi connectivity index (χ3n) is 5.51. The number of ether oxygens (including phenoxy) is 1. The Morgan fingerprint density at radius 1 is 1.18 bits per heavy atom. The summed E-state index contributed by atoms with van der Waals surface area (Å²) in [5.74, 6) is -0.253. The molecule has 0 saturated carbocycles. The summed E-state index contributed by atoms with van der Waals surface area (Å²) in [6.07, 6.45) is -2.80. The van der Waals surface area contributed by atoms with E-state index in [1.54, 1.807) is 23.1 Å². The molecule has 0 aliphatic carbocycles. The van der Waals surface area contributed by atoms with Crippen molar-refractivity contribution in [1.82, 2.24) is 15.3 Å². The number of alkyl halides is 3. The molecule has 1 aromatic carbocycles. The number of carbonyl (C=O) groups excluding carboxylic acids is 1. The van der Waals surface area contributed by atoms with E-state index in [4.69, 9.17) is 4.74 Å². The van der Waals surface area contributed by atoms with Gasteiger partial charge in [-0.1, -0.05) is 18.2 Å². The molecule has 4 rings (SSSR count). The van der Waals surface area contributed by atoms with Gasteiger partial charge in [-0.3, -0.25) is 4.79 Å². The smallest absolute Gasteiger partial charge is 0.433 e. The average molecular weight is 474 g/mol. The molecule has 1 fully saturated rings. The number of aromatic nitrogens is 2. The van der Waals surface area contributed by atoms with Crippen LogP contribution in [0.15, 0.2) is 60.8 Å². The topological polar surface area (TPSA) is 67.3 Å². The van der Waals surface area contributed by atoms with Crippen LogP contribution in [0.4, 0.5) is 23.4 Å². The van der Waals surface area contributed by atoms with Crippen molar-refractivity contribution in [3.63, 3.8) is 0 Å². The van der Waals surface area contributed by atoms with E-state index in [0.29, 0.717) is 25.3 Å². The predicted molar refractivity (Wildman–Crippen MR) is 117 cm³/mol. The minimum Gasteiger partial charge on any atom is -0.489 e. The van der Waals surface area contributed by atoms with Crippen molar-refractivity contribution < 1.29 is 27.1 Å². The molecule has 178 valence electrons. The van der Waals surface area contributed by atoms with Crippen molar-refractivity contribution in [3.05, 3.63) is 83.6 Å². The van der Waals surface area contributed by atoms with Crippen LogP contribution < -0.4 is 15.0 Å². The van der Waals surface area contributed by atoms with Crippen LogP contribution in [-0.2, 0) is 6.18 Å². The fourth-order valence-corrected chi connectivity index (χ4v) is 3.72. The van der Waals surface area contributed by atoms with E-state index in [0.717, 1.165) is 17.7 Å². The highest BCUT2D eigenvalue weighted by Gasteiger charge is 2.33. The van der Waals surface area contributed by atoms with E-state index in [1.165, 1.54) is 18.3 Å². The standard InChI is InChI=1S/C24H22F4N4O2/c1-15(30-23(33)17-9-11-29-21(25)13-17)16-5-7-18(8-6-16)34-19-10-12-32(14-19)22-4-2-3-20(31-22)24(26,27)28/h2-9,11,13,15,19H,10,12,14H2,1H3,(H,30,33)/t15-,19?/m0/s1. The first-order valence-corrected chi connectivity index (χ1v) is 10.7. The van der Waals surface area contributed by atoms with Crippen molar-refractivity contribution in [2.75, 3.05) is 18.0 Å². The maximum absolute atomic E-state index is 13.2. The van der Waals surface area contributed by atoms with Crippen LogP contribution in [0.1, 0.15) is 41.0 Å². The molecule has 3 heterocycles. The highest BCUT2D eigenvalue weighted by atomic mass is 19.4. The predicted octanol–water partition coefficient (Wildman–Crippen LogP) is 4.78. The molecule has 10 heteroatoms. The molecule has 6 nitrogen and oxygen atoms in total. The highest BCUT2D eigenvalue weighted by Crippen LogP contribution is 2.30. The van der Waals surface area contributed by atoms with E-state index in [9.17, 15) is 22.4 Å². The minimum absolute atomic E-state index is 0.181. The molecule has 0 radical (unpaired) electrons. The number of hydrogen-bond donors (Lipinski definition) is 1. The second-order valence-corrected chi connectivity index (χ2v) is 7.98. The van der Waals surface area contributed by atoms with E-state index in [1.807, 2.05) is 19.1 Å². The van der Waals surface area contributed by atoms with Gasteiger partial charge >= 0.3 is 6.18 Å². The third kappa shape index (κ3) is 5.62. The van der Waals surface area contributed by atoms with Gasteiger partial charge in [0, 0.05) is 30.8 Å². The van der Waals surface area contributed by atoms with Crippen LogP contribution in [0.3, 0.4) is 0 Å². The zero-order chi connectivity index (χ0) is 24.3. The summed E-state index contributed by atoms with van der Waals surface area (Å²) in [4.78, 5) is 21.2. The first-order chi connectivity index (χ1) is 16.2. The van der Waals surface area contributed by atoms with Gasteiger partial charge in [-0.15, -0.1) is 0 Å². The van der Waals surface area contributed by atoms with Crippen molar-refractivity contribution in [2.24, 2.45) is 0 Å². The Morgan fingerprint density at radius 2 is 1.94 bits per heavy atom. The van der Waals surface area contributed by atoms with Gasteiger partial charge in [0.05, 0.1) is 12.6 Å². The number of hydrogen-bond acceptors (Lipinski definition) is 5. The molecule has 1 aliphatic rings. The molecule has 1 unspecified atom stereocenters. The summed E-state index contributed by atoms with van der Waals surface area (Å²) in [5.41, 5.74) is 0.0945. The van der Waals surface area contributed by atoms with Gasteiger partial charge in [-0.25, -0.2) is 9.97 Å². The number of pyridine rings is 2. The number of carbonyl (C=O) groups is 1. The van der Waals surface area contributed by atoms with Gasteiger partial charge in [0.2, 0.25) is 5.95 Å². The van der Waals surface area contributed by atoms with Crippen LogP contribution in [0, 0.1) is 5.95 Å². The lowest BCUT2D eigenvalue weighted by Crippen LogP contribution is -2.27. The van der Waals surface area contributed by atoms with Crippen LogP contribution in [0.25, 0.3) is 0 Å². The Labute approximate surface area is 193 Å². The number of nitrogens with zero attached hydrogens (tertiary/aromatic N) is 3. The normalized spacial score (nSPS) is 16.9. The van der Waals surface area contributed by atoms with Crippen molar-refractivity contribution in [1.29, 1.82) is 0 Å². The Hall–Kier alpha value is -3.69. The van der Waals surface area contributed by atoms with Crippen molar-refractivity contribution in [2.45, 2.75) is 31.7 Å². The van der Waals surface area contributed by atoms with Gasteiger partial charge in [-0.05, 0) is 42.8 Å². The van der Waals surface area contributed by atoms with Crippen LogP contribution in [0.2, 0.25) is 0 Å². The largest absolute Gasteiger partial charge is 0.489 e. The lowest BCUT2D eigenvalue weighted by molar-refractivity contribution is -0.141. The first-order valence-electron chi connectivity index (χ1n) is 10.7. The van der Waals surface area contributed by atoms with Gasteiger partial charge in [0.15, 0.2) is 0 Å². The molecule has 34 heavy (non-hydrogen) atoms. The molecule has 2 atom stereocenters. The second-order valence-electron chi connectivity index (χ2n) is 7.98. The molecule has 1 N–H and O–H groups in total. The van der Waals surface area contributed by atoms with Crippen molar-refractivity contribution in [3.8, 4) is 5.75 Å². The Morgan fingerprint density at radius 3 is 2.65 bits per heavy atom. The summed E-state index contributed by atoms with van der Waals surface area (Å²) in [5, 5.41) is 2.80. The molecular weight excluding hydrogens is 452 g/mol. The maximum atomic E-state index is 13.2. The number of benzene rings is 1. The number of anilines is 1. The van der Waals surface area contributed by atoms with Gasteiger partial charge < -0.3 is 15.0 Å². The number of nitrogens with one attached hydrogen (secondary N) is 1. The second kappa shape index (κ2) is 9.66. The molecule has 1 aliphatic heterocycles. The molecule has 1 amide bonds. The van der Waals surface area contributed by atoms with Crippen LogP contribution in [-0.4, -0.2) is 35.1 Å². The lowest BCUT2D eigenvalue weighted by atomic mass is 10.1. The third-order valence-corrected chi connectivity index (χ3v) is 5.51. The Balaban J connectivity index is 1.33. The van der Waals surface area contributed by atoms with E-state index >= 15 is 0 Å². The molecular formula is C24H22F4N4O2. The Kier molecular flexibility index (Phi) is 6.67. The lowest BCUT2D eigenvalue weighted by Gasteiger charge is -2.19. The SMILES string of the molecule is C[C@H](NC(=O)c1ccnc(F)c1)c1ccc(OC2CCN(c3cccc(C(F)(F)F)n3)C2)cc1. The molecule has 2 aromatic heterocycles. The number of rotatable bonds is 6. The van der Waals surface area contributed by atoms with Crippen LogP contribution in [0.5, 0.6) is 5.75 Å². The zero-order valence-electron chi connectivity index (χ0n) is 18.2. The van der Waals surface area contributed by atoms with E-state index < -0.39 is 23.7 Å².